The number of para-hydroxylation sites is 1. The van der Waals surface area contributed by atoms with Gasteiger partial charge in [-0.3, -0.25) is 4.79 Å². The van der Waals surface area contributed by atoms with Crippen LogP contribution in [0.1, 0.15) is 17.5 Å². The van der Waals surface area contributed by atoms with E-state index < -0.39 is 0 Å². The fraction of sp³-hybridized carbons (Fsp3) is 0.250. The fourth-order valence-corrected chi connectivity index (χ4v) is 1.17. The van der Waals surface area contributed by atoms with E-state index in [1.165, 1.54) is 6.08 Å². The molecule has 0 amide bonds. The Bertz CT molecular complexity index is 369. The number of carbonyl (C=O) groups is 1. The predicted octanol–water partition coefficient (Wildman–Crippen LogP) is 2.32. The third-order valence-electron chi connectivity index (χ3n) is 2.02. The number of ether oxygens (including phenoxy) is 1. The Hall–Kier alpha value is -1.77. The number of benzene rings is 1. The van der Waals surface area contributed by atoms with Gasteiger partial charge in [0.25, 0.3) is 0 Å². The molecule has 0 bridgehead atoms. The van der Waals surface area contributed by atoms with Gasteiger partial charge >= 0.3 is 5.97 Å². The number of phenols is 1. The van der Waals surface area contributed by atoms with Gasteiger partial charge < -0.3 is 9.84 Å². The molecule has 0 saturated heterocycles. The first-order valence-electron chi connectivity index (χ1n) is 4.69. The molecule has 0 aromatic heterocycles. The highest BCUT2D eigenvalue weighted by molar-refractivity contribution is 5.71. The highest BCUT2D eigenvalue weighted by Gasteiger charge is 2.06. The molecule has 0 saturated carbocycles. The fourth-order valence-electron chi connectivity index (χ4n) is 1.17. The topological polar surface area (TPSA) is 46.5 Å². The molecule has 0 unspecified atom stereocenters. The van der Waals surface area contributed by atoms with E-state index in [2.05, 4.69) is 6.58 Å². The number of hydrogen-bond acceptors (Lipinski definition) is 3. The number of carbonyl (C=O) groups excluding carboxylic acids is 1. The van der Waals surface area contributed by atoms with Gasteiger partial charge in [-0.15, -0.1) is 6.58 Å². The first kappa shape index (κ1) is 11.3. The molecule has 0 fully saturated rings. The maximum absolute atomic E-state index is 11.0. The van der Waals surface area contributed by atoms with Gasteiger partial charge in [0.05, 0.1) is 6.42 Å². The van der Waals surface area contributed by atoms with Gasteiger partial charge in [-0.1, -0.05) is 24.3 Å². The molecule has 0 atom stereocenters. The zero-order chi connectivity index (χ0) is 11.3. The van der Waals surface area contributed by atoms with Crippen molar-refractivity contribution in [3.8, 4) is 5.75 Å². The second-order valence-corrected chi connectivity index (χ2v) is 3.24. The van der Waals surface area contributed by atoms with Crippen LogP contribution < -0.4 is 0 Å². The van der Waals surface area contributed by atoms with Crippen molar-refractivity contribution in [3.63, 3.8) is 0 Å². The van der Waals surface area contributed by atoms with Gasteiger partial charge in [-0.2, -0.15) is 0 Å². The number of phenolic OH excluding ortho intramolecular Hbond substituents is 1. The lowest BCUT2D eigenvalue weighted by molar-refractivity contribution is -0.143. The minimum atomic E-state index is -0.342. The summed E-state index contributed by atoms with van der Waals surface area (Å²) in [6.07, 6.45) is 1.67. The van der Waals surface area contributed by atoms with Crippen LogP contribution in [-0.2, 0) is 16.1 Å². The number of aryl methyl sites for hydroxylation is 1. The van der Waals surface area contributed by atoms with Gasteiger partial charge in [0, 0.05) is 5.56 Å². The maximum atomic E-state index is 11.0. The van der Waals surface area contributed by atoms with Crippen LogP contribution in [0.25, 0.3) is 0 Å². The summed E-state index contributed by atoms with van der Waals surface area (Å²) in [5, 5.41) is 9.63. The van der Waals surface area contributed by atoms with Crippen LogP contribution in [0.4, 0.5) is 0 Å². The van der Waals surface area contributed by atoms with E-state index >= 15 is 0 Å². The third kappa shape index (κ3) is 3.13. The number of hydrogen-bond donors (Lipinski definition) is 1. The Morgan fingerprint density at radius 1 is 1.60 bits per heavy atom. The lowest BCUT2D eigenvalue weighted by Gasteiger charge is -2.07. The predicted molar refractivity (Wildman–Crippen MR) is 57.5 cm³/mol. The van der Waals surface area contributed by atoms with E-state index in [4.69, 9.17) is 4.74 Å². The quantitative estimate of drug-likeness (QED) is 0.607. The van der Waals surface area contributed by atoms with Crippen LogP contribution in [0.15, 0.2) is 30.9 Å². The van der Waals surface area contributed by atoms with Gasteiger partial charge in [0.1, 0.15) is 12.4 Å². The summed E-state index contributed by atoms with van der Waals surface area (Å²) in [6, 6.07) is 5.33. The summed E-state index contributed by atoms with van der Waals surface area (Å²) in [4.78, 5) is 11.0. The van der Waals surface area contributed by atoms with Crippen molar-refractivity contribution in [1.82, 2.24) is 0 Å². The molecule has 1 N–H and O–H groups in total. The van der Waals surface area contributed by atoms with E-state index in [0.717, 1.165) is 5.56 Å². The SMILES string of the molecule is C=CCC(=O)OCc1cccc(C)c1O. The molecule has 0 aliphatic carbocycles. The van der Waals surface area contributed by atoms with Crippen molar-refractivity contribution >= 4 is 5.97 Å². The van der Waals surface area contributed by atoms with E-state index in [-0.39, 0.29) is 24.7 Å². The Morgan fingerprint density at radius 2 is 2.33 bits per heavy atom. The minimum absolute atomic E-state index is 0.0974. The second-order valence-electron chi connectivity index (χ2n) is 3.24. The second kappa shape index (κ2) is 5.20. The van der Waals surface area contributed by atoms with Crippen LogP contribution in [0, 0.1) is 6.92 Å². The molecule has 0 aliphatic heterocycles. The van der Waals surface area contributed by atoms with Crippen LogP contribution in [0.2, 0.25) is 0 Å². The highest BCUT2D eigenvalue weighted by Crippen LogP contribution is 2.21. The average Bonchev–Trinajstić information content (AvgIpc) is 2.21. The molecule has 3 nitrogen and oxygen atoms in total. The highest BCUT2D eigenvalue weighted by atomic mass is 16.5. The van der Waals surface area contributed by atoms with E-state index in [9.17, 15) is 9.90 Å². The lowest BCUT2D eigenvalue weighted by Crippen LogP contribution is -2.03. The third-order valence-corrected chi connectivity index (χ3v) is 2.02. The first-order chi connectivity index (χ1) is 7.15. The Balaban J connectivity index is 2.61. The molecular weight excluding hydrogens is 192 g/mol. The van der Waals surface area contributed by atoms with Gasteiger partial charge in [-0.25, -0.2) is 0 Å². The molecule has 1 aromatic carbocycles. The molecule has 1 aromatic rings. The smallest absolute Gasteiger partial charge is 0.309 e. The first-order valence-corrected chi connectivity index (χ1v) is 4.69. The van der Waals surface area contributed by atoms with Gasteiger partial charge in [0.15, 0.2) is 0 Å². The van der Waals surface area contributed by atoms with Crippen molar-refractivity contribution in [2.24, 2.45) is 0 Å². The number of esters is 1. The zero-order valence-electron chi connectivity index (χ0n) is 8.69. The molecule has 80 valence electrons. The maximum Gasteiger partial charge on any atom is 0.309 e. The summed E-state index contributed by atoms with van der Waals surface area (Å²) in [6.45, 7) is 5.33. The van der Waals surface area contributed by atoms with Crippen LogP contribution in [0.5, 0.6) is 5.75 Å². The monoisotopic (exact) mass is 206 g/mol. The molecule has 3 heteroatoms. The summed E-state index contributed by atoms with van der Waals surface area (Å²) >= 11 is 0. The van der Waals surface area contributed by atoms with Crippen molar-refractivity contribution in [1.29, 1.82) is 0 Å². The number of aromatic hydroxyl groups is 1. The minimum Gasteiger partial charge on any atom is -0.507 e. The summed E-state index contributed by atoms with van der Waals surface area (Å²) in [5.74, 6) is -0.158. The molecule has 1 rings (SSSR count). The van der Waals surface area contributed by atoms with E-state index in [1.807, 2.05) is 6.07 Å². The van der Waals surface area contributed by atoms with Crippen molar-refractivity contribution < 1.29 is 14.6 Å². The van der Waals surface area contributed by atoms with Crippen LogP contribution >= 0.6 is 0 Å². The lowest BCUT2D eigenvalue weighted by atomic mass is 10.1. The Labute approximate surface area is 89.0 Å². The average molecular weight is 206 g/mol. The summed E-state index contributed by atoms with van der Waals surface area (Å²) < 4.78 is 4.93. The van der Waals surface area contributed by atoms with Crippen molar-refractivity contribution in [2.75, 3.05) is 0 Å². The number of rotatable bonds is 4. The molecular formula is C12H14O3. The molecule has 0 aliphatic rings. The van der Waals surface area contributed by atoms with E-state index in [1.54, 1.807) is 19.1 Å². The van der Waals surface area contributed by atoms with Crippen molar-refractivity contribution in [3.05, 3.63) is 42.0 Å². The Kier molecular flexibility index (Phi) is 3.92. The molecule has 0 spiro atoms. The standard InChI is InChI=1S/C12H14O3/c1-3-5-11(13)15-8-10-7-4-6-9(2)12(10)14/h3-4,6-7,14H,1,5,8H2,2H3. The van der Waals surface area contributed by atoms with Gasteiger partial charge in [-0.05, 0) is 12.5 Å². The van der Waals surface area contributed by atoms with E-state index in [0.29, 0.717) is 5.56 Å². The summed E-state index contributed by atoms with van der Waals surface area (Å²) in [5.41, 5.74) is 1.39. The van der Waals surface area contributed by atoms with Crippen LogP contribution in [0.3, 0.4) is 0 Å². The molecule has 15 heavy (non-hydrogen) atoms. The normalized spacial score (nSPS) is 9.67. The zero-order valence-corrected chi connectivity index (χ0v) is 8.69. The summed E-state index contributed by atoms with van der Waals surface area (Å²) in [7, 11) is 0. The van der Waals surface area contributed by atoms with Gasteiger partial charge in [0.2, 0.25) is 0 Å². The van der Waals surface area contributed by atoms with Crippen molar-refractivity contribution in [2.45, 2.75) is 20.0 Å². The van der Waals surface area contributed by atoms with Crippen LogP contribution in [-0.4, -0.2) is 11.1 Å². The largest absolute Gasteiger partial charge is 0.507 e. The Morgan fingerprint density at radius 3 is 3.00 bits per heavy atom. The molecule has 0 heterocycles. The molecule has 0 radical (unpaired) electrons.